The number of rotatable bonds is 4. The number of benzene rings is 1. The predicted molar refractivity (Wildman–Crippen MR) is 70.4 cm³/mol. The van der Waals surface area contributed by atoms with Crippen molar-refractivity contribution in [1.29, 1.82) is 0 Å². The summed E-state index contributed by atoms with van der Waals surface area (Å²) in [4.78, 5) is 0. The zero-order chi connectivity index (χ0) is 12.6. The Balaban J connectivity index is 2.26. The minimum Gasteiger partial charge on any atom is -0.500 e. The van der Waals surface area contributed by atoms with Gasteiger partial charge in [-0.05, 0) is 23.6 Å². The minimum absolute atomic E-state index is 0.134. The third kappa shape index (κ3) is 1.80. The van der Waals surface area contributed by atoms with Gasteiger partial charge >= 0.3 is 0 Å². The van der Waals surface area contributed by atoms with Crippen LogP contribution in [0.2, 0.25) is 0 Å². The lowest BCUT2D eigenvalue weighted by atomic mass is 9.87. The van der Waals surface area contributed by atoms with Crippen molar-refractivity contribution < 1.29 is 4.74 Å². The quantitative estimate of drug-likeness (QED) is 0.476. The molecule has 1 heterocycles. The molecule has 0 saturated carbocycles. The number of methoxy groups -OCH3 is 1. The van der Waals surface area contributed by atoms with Gasteiger partial charge in [0.2, 0.25) is 0 Å². The van der Waals surface area contributed by atoms with Gasteiger partial charge in [-0.15, -0.1) is 0 Å². The second-order valence-corrected chi connectivity index (χ2v) is 4.90. The highest BCUT2D eigenvalue weighted by atomic mass is 16.5. The number of nitrogens with one attached hydrogen (secondary N) is 1. The molecule has 0 aliphatic carbocycles. The molecule has 2 unspecified atom stereocenters. The molecule has 3 heteroatoms. The van der Waals surface area contributed by atoms with Gasteiger partial charge in [-0.2, -0.15) is 0 Å². The lowest BCUT2D eigenvalue weighted by molar-refractivity contribution is 0.233. The van der Waals surface area contributed by atoms with Crippen LogP contribution in [0.1, 0.15) is 25.5 Å². The van der Waals surface area contributed by atoms with Gasteiger partial charge in [0.25, 0.3) is 0 Å². The Morgan fingerprint density at radius 3 is 2.47 bits per heavy atom. The Morgan fingerprint density at radius 2 is 2.00 bits per heavy atom. The zero-order valence-corrected chi connectivity index (χ0v) is 10.7. The molecule has 1 fully saturated rings. The topological polar surface area (TPSA) is 57.2 Å². The van der Waals surface area contributed by atoms with Crippen LogP contribution in [0.4, 0.5) is 5.69 Å². The highest BCUT2D eigenvalue weighted by Gasteiger charge is 2.59. The Bertz CT molecular complexity index is 424. The van der Waals surface area contributed by atoms with Crippen LogP contribution in [0, 0.1) is 5.92 Å². The van der Waals surface area contributed by atoms with E-state index in [1.165, 1.54) is 5.56 Å². The van der Waals surface area contributed by atoms with E-state index < -0.39 is 0 Å². The maximum Gasteiger partial charge on any atom is 0.111 e. The summed E-state index contributed by atoms with van der Waals surface area (Å²) in [6.45, 7) is 8.36. The maximum absolute atomic E-state index is 5.70. The molecular formula is C14H20N2O. The Kier molecular flexibility index (Phi) is 2.87. The molecule has 92 valence electrons. The van der Waals surface area contributed by atoms with Crippen molar-refractivity contribution in [2.24, 2.45) is 5.92 Å². The first-order valence-corrected chi connectivity index (χ1v) is 5.89. The summed E-state index contributed by atoms with van der Waals surface area (Å²) < 4.78 is 5.33. The highest BCUT2D eigenvalue weighted by molar-refractivity contribution is 5.45. The van der Waals surface area contributed by atoms with Gasteiger partial charge in [0.15, 0.2) is 0 Å². The van der Waals surface area contributed by atoms with E-state index in [0.717, 1.165) is 11.4 Å². The summed E-state index contributed by atoms with van der Waals surface area (Å²) in [6, 6.07) is 8.24. The fraction of sp³-hybridized carbons (Fsp3) is 0.429. The number of nitrogens with two attached hydrogens (primary N) is 1. The molecule has 1 aliphatic rings. The zero-order valence-electron chi connectivity index (χ0n) is 10.7. The predicted octanol–water partition coefficient (Wildman–Crippen LogP) is 2.47. The summed E-state index contributed by atoms with van der Waals surface area (Å²) in [7, 11) is 1.67. The first-order chi connectivity index (χ1) is 8.02. The molecule has 0 radical (unpaired) electrons. The normalized spacial score (nSPS) is 26.9. The SMILES string of the molecule is C=C(OC)C1(C(C)C)NC1c1ccc(N)cc1. The summed E-state index contributed by atoms with van der Waals surface area (Å²) in [5.41, 5.74) is 7.58. The summed E-state index contributed by atoms with van der Waals surface area (Å²) in [5.74, 6) is 1.23. The average molecular weight is 232 g/mol. The van der Waals surface area contributed by atoms with E-state index in [2.05, 4.69) is 37.9 Å². The number of ether oxygens (including phenoxy) is 1. The third-order valence-electron chi connectivity index (χ3n) is 3.64. The van der Waals surface area contributed by atoms with Gasteiger partial charge < -0.3 is 10.5 Å². The first-order valence-electron chi connectivity index (χ1n) is 5.89. The minimum atomic E-state index is -0.134. The van der Waals surface area contributed by atoms with Crippen molar-refractivity contribution in [2.45, 2.75) is 25.4 Å². The van der Waals surface area contributed by atoms with Crippen molar-refractivity contribution in [3.05, 3.63) is 42.2 Å². The van der Waals surface area contributed by atoms with E-state index in [1.807, 2.05) is 12.1 Å². The van der Waals surface area contributed by atoms with Crippen molar-refractivity contribution in [2.75, 3.05) is 12.8 Å². The average Bonchev–Trinajstić information content (AvgIpc) is 3.05. The van der Waals surface area contributed by atoms with E-state index in [-0.39, 0.29) is 11.6 Å². The number of nitrogen functional groups attached to an aromatic ring is 1. The van der Waals surface area contributed by atoms with Crippen molar-refractivity contribution in [1.82, 2.24) is 5.32 Å². The van der Waals surface area contributed by atoms with E-state index in [0.29, 0.717) is 5.92 Å². The van der Waals surface area contributed by atoms with Crippen LogP contribution in [0.15, 0.2) is 36.6 Å². The van der Waals surface area contributed by atoms with Gasteiger partial charge in [-0.1, -0.05) is 32.6 Å². The molecular weight excluding hydrogens is 212 g/mol. The van der Waals surface area contributed by atoms with Gasteiger partial charge in [0, 0.05) is 5.69 Å². The summed E-state index contributed by atoms with van der Waals surface area (Å²) in [6.07, 6.45) is 0. The summed E-state index contributed by atoms with van der Waals surface area (Å²) in [5, 5.41) is 3.50. The second kappa shape index (κ2) is 4.08. The van der Waals surface area contributed by atoms with E-state index >= 15 is 0 Å². The Morgan fingerprint density at radius 1 is 1.41 bits per heavy atom. The molecule has 1 aromatic rings. The molecule has 2 atom stereocenters. The van der Waals surface area contributed by atoms with Crippen LogP contribution in [0.5, 0.6) is 0 Å². The van der Waals surface area contributed by atoms with Crippen LogP contribution in [0.3, 0.4) is 0 Å². The van der Waals surface area contributed by atoms with Gasteiger partial charge in [-0.25, -0.2) is 0 Å². The highest BCUT2D eigenvalue weighted by Crippen LogP contribution is 2.50. The number of hydrogen-bond donors (Lipinski definition) is 2. The molecule has 3 N–H and O–H groups in total. The first kappa shape index (κ1) is 12.0. The third-order valence-corrected chi connectivity index (χ3v) is 3.64. The molecule has 2 rings (SSSR count). The van der Waals surface area contributed by atoms with E-state index in [1.54, 1.807) is 7.11 Å². The fourth-order valence-electron chi connectivity index (χ4n) is 2.46. The number of anilines is 1. The molecule has 1 aliphatic heterocycles. The maximum atomic E-state index is 5.70. The van der Waals surface area contributed by atoms with E-state index in [4.69, 9.17) is 10.5 Å². The molecule has 1 aromatic carbocycles. The lowest BCUT2D eigenvalue weighted by Crippen LogP contribution is -2.26. The van der Waals surface area contributed by atoms with Gasteiger partial charge in [-0.3, -0.25) is 5.32 Å². The van der Waals surface area contributed by atoms with Crippen molar-refractivity contribution in [3.8, 4) is 0 Å². The van der Waals surface area contributed by atoms with Crippen LogP contribution in [-0.4, -0.2) is 12.6 Å². The van der Waals surface area contributed by atoms with Crippen LogP contribution >= 0.6 is 0 Å². The molecule has 0 amide bonds. The number of hydrogen-bond acceptors (Lipinski definition) is 3. The monoisotopic (exact) mass is 232 g/mol. The standard InChI is InChI=1S/C14H20N2O/c1-9(2)14(10(3)17-4)13(16-14)11-5-7-12(15)8-6-11/h5-9,13,16H,3,15H2,1-2,4H3. The fourth-order valence-corrected chi connectivity index (χ4v) is 2.46. The van der Waals surface area contributed by atoms with E-state index in [9.17, 15) is 0 Å². The summed E-state index contributed by atoms with van der Waals surface area (Å²) >= 11 is 0. The lowest BCUT2D eigenvalue weighted by Gasteiger charge is -2.21. The molecule has 0 bridgehead atoms. The molecule has 1 saturated heterocycles. The van der Waals surface area contributed by atoms with Crippen LogP contribution in [-0.2, 0) is 4.74 Å². The molecule has 0 spiro atoms. The van der Waals surface area contributed by atoms with Crippen molar-refractivity contribution >= 4 is 5.69 Å². The molecule has 0 aromatic heterocycles. The molecule has 17 heavy (non-hydrogen) atoms. The van der Waals surface area contributed by atoms with Gasteiger partial charge in [0.05, 0.1) is 18.7 Å². The van der Waals surface area contributed by atoms with Crippen LogP contribution in [0.25, 0.3) is 0 Å². The smallest absolute Gasteiger partial charge is 0.111 e. The second-order valence-electron chi connectivity index (χ2n) is 4.90. The van der Waals surface area contributed by atoms with Crippen LogP contribution < -0.4 is 11.1 Å². The Labute approximate surface area is 103 Å². The largest absolute Gasteiger partial charge is 0.500 e. The molecule has 3 nitrogen and oxygen atoms in total. The Hall–Kier alpha value is -1.48. The van der Waals surface area contributed by atoms with Gasteiger partial charge in [0.1, 0.15) is 5.76 Å². The van der Waals surface area contributed by atoms with Crippen molar-refractivity contribution in [3.63, 3.8) is 0 Å².